The van der Waals surface area contributed by atoms with Gasteiger partial charge in [-0.2, -0.15) is 0 Å². The maximum absolute atomic E-state index is 12.3. The van der Waals surface area contributed by atoms with Crippen LogP contribution < -0.4 is 10.6 Å². The zero-order valence-electron chi connectivity index (χ0n) is 14.3. The lowest BCUT2D eigenvalue weighted by atomic mass is 10.1. The fourth-order valence-electron chi connectivity index (χ4n) is 2.26. The van der Waals surface area contributed by atoms with Crippen molar-refractivity contribution < 1.29 is 9.59 Å². The summed E-state index contributed by atoms with van der Waals surface area (Å²) in [6.07, 6.45) is 0. The summed E-state index contributed by atoms with van der Waals surface area (Å²) in [6, 6.07) is 14.3. The van der Waals surface area contributed by atoms with Crippen molar-refractivity contribution in [1.29, 1.82) is 0 Å². The van der Waals surface area contributed by atoms with Crippen LogP contribution in [0, 0.1) is 6.92 Å². The average Bonchev–Trinajstić information content (AvgIpc) is 2.55. The molecule has 5 nitrogen and oxygen atoms in total. The number of carbonyl (C=O) groups is 2. The van der Waals surface area contributed by atoms with Crippen LogP contribution in [0.1, 0.15) is 26.3 Å². The zero-order valence-corrected chi connectivity index (χ0v) is 14.3. The van der Waals surface area contributed by atoms with Gasteiger partial charge in [-0.1, -0.05) is 24.3 Å². The number of rotatable bonds is 6. The molecule has 0 unspecified atom stereocenters. The fourth-order valence-corrected chi connectivity index (χ4v) is 2.26. The SMILES string of the molecule is Cc1ccccc1C(=O)Nc1cccc(C(=O)NCCN(C)C)c1. The van der Waals surface area contributed by atoms with Crippen LogP contribution in [0.15, 0.2) is 48.5 Å². The summed E-state index contributed by atoms with van der Waals surface area (Å²) < 4.78 is 0. The molecule has 0 aromatic heterocycles. The minimum atomic E-state index is -0.182. The maximum atomic E-state index is 12.3. The van der Waals surface area contributed by atoms with Crippen molar-refractivity contribution in [3.05, 3.63) is 65.2 Å². The van der Waals surface area contributed by atoms with E-state index in [1.807, 2.05) is 44.1 Å². The molecule has 2 N–H and O–H groups in total. The quantitative estimate of drug-likeness (QED) is 0.858. The van der Waals surface area contributed by atoms with Crippen molar-refractivity contribution in [2.24, 2.45) is 0 Å². The Kier molecular flexibility index (Phi) is 6.09. The number of hydrogen-bond donors (Lipinski definition) is 2. The molecule has 0 bridgehead atoms. The van der Waals surface area contributed by atoms with Crippen LogP contribution in [-0.4, -0.2) is 43.9 Å². The van der Waals surface area contributed by atoms with Crippen LogP contribution in [0.2, 0.25) is 0 Å². The molecule has 2 amide bonds. The van der Waals surface area contributed by atoms with Crippen molar-refractivity contribution in [3.8, 4) is 0 Å². The lowest BCUT2D eigenvalue weighted by Gasteiger charge is -2.11. The first-order valence-corrected chi connectivity index (χ1v) is 7.87. The van der Waals surface area contributed by atoms with Gasteiger partial charge in [0.15, 0.2) is 0 Å². The van der Waals surface area contributed by atoms with Crippen molar-refractivity contribution in [3.63, 3.8) is 0 Å². The highest BCUT2D eigenvalue weighted by atomic mass is 16.2. The van der Waals surface area contributed by atoms with Gasteiger partial charge in [0.2, 0.25) is 0 Å². The molecular formula is C19H23N3O2. The van der Waals surface area contributed by atoms with E-state index in [0.717, 1.165) is 12.1 Å². The van der Waals surface area contributed by atoms with Gasteiger partial charge in [0.25, 0.3) is 11.8 Å². The molecule has 2 aromatic rings. The van der Waals surface area contributed by atoms with Crippen LogP contribution in [0.5, 0.6) is 0 Å². The Morgan fingerprint density at radius 3 is 2.46 bits per heavy atom. The molecule has 0 aliphatic rings. The number of amides is 2. The van der Waals surface area contributed by atoms with E-state index in [1.54, 1.807) is 30.3 Å². The molecule has 0 saturated heterocycles. The molecule has 24 heavy (non-hydrogen) atoms. The summed E-state index contributed by atoms with van der Waals surface area (Å²) in [4.78, 5) is 26.5. The van der Waals surface area contributed by atoms with Crippen molar-refractivity contribution in [1.82, 2.24) is 10.2 Å². The molecule has 0 heterocycles. The van der Waals surface area contributed by atoms with Gasteiger partial charge in [0, 0.05) is 29.9 Å². The highest BCUT2D eigenvalue weighted by Gasteiger charge is 2.10. The van der Waals surface area contributed by atoms with E-state index >= 15 is 0 Å². The van der Waals surface area contributed by atoms with E-state index in [1.165, 1.54) is 0 Å². The molecule has 5 heteroatoms. The number of nitrogens with zero attached hydrogens (tertiary/aromatic N) is 1. The number of carbonyl (C=O) groups excluding carboxylic acids is 2. The topological polar surface area (TPSA) is 61.4 Å². The van der Waals surface area contributed by atoms with E-state index in [4.69, 9.17) is 0 Å². The number of anilines is 1. The predicted molar refractivity (Wildman–Crippen MR) is 96.5 cm³/mol. The number of hydrogen-bond acceptors (Lipinski definition) is 3. The van der Waals surface area contributed by atoms with Gasteiger partial charge < -0.3 is 15.5 Å². The molecule has 0 radical (unpaired) electrons. The smallest absolute Gasteiger partial charge is 0.255 e. The summed E-state index contributed by atoms with van der Waals surface area (Å²) >= 11 is 0. The summed E-state index contributed by atoms with van der Waals surface area (Å²) in [5, 5.41) is 5.70. The monoisotopic (exact) mass is 325 g/mol. The second-order valence-corrected chi connectivity index (χ2v) is 5.91. The van der Waals surface area contributed by atoms with Crippen LogP contribution >= 0.6 is 0 Å². The van der Waals surface area contributed by atoms with Crippen LogP contribution in [-0.2, 0) is 0 Å². The van der Waals surface area contributed by atoms with Gasteiger partial charge in [-0.15, -0.1) is 0 Å². The molecule has 126 valence electrons. The van der Waals surface area contributed by atoms with Crippen molar-refractivity contribution >= 4 is 17.5 Å². The van der Waals surface area contributed by atoms with Gasteiger partial charge in [0.05, 0.1) is 0 Å². The number of nitrogens with one attached hydrogen (secondary N) is 2. The first-order valence-electron chi connectivity index (χ1n) is 7.87. The second kappa shape index (κ2) is 8.26. The standard InChI is InChI=1S/C19H23N3O2/c1-14-7-4-5-10-17(14)19(24)21-16-9-6-8-15(13-16)18(23)20-11-12-22(2)3/h4-10,13H,11-12H2,1-3H3,(H,20,23)(H,21,24). The predicted octanol–water partition coefficient (Wildman–Crippen LogP) is 2.54. The van der Waals surface area contributed by atoms with E-state index in [2.05, 4.69) is 10.6 Å². The first kappa shape index (κ1) is 17.7. The molecule has 2 rings (SSSR count). The van der Waals surface area contributed by atoms with E-state index in [-0.39, 0.29) is 11.8 Å². The molecule has 0 aliphatic carbocycles. The summed E-state index contributed by atoms with van der Waals surface area (Å²) in [6.45, 7) is 3.24. The highest BCUT2D eigenvalue weighted by molar-refractivity contribution is 6.06. The molecule has 0 atom stereocenters. The summed E-state index contributed by atoms with van der Waals surface area (Å²) in [5.74, 6) is -0.331. The van der Waals surface area contributed by atoms with Gasteiger partial charge >= 0.3 is 0 Å². The summed E-state index contributed by atoms with van der Waals surface area (Å²) in [7, 11) is 3.90. The third-order valence-electron chi connectivity index (χ3n) is 3.62. The van der Waals surface area contributed by atoms with E-state index in [0.29, 0.717) is 23.4 Å². The molecule has 0 saturated carbocycles. The fraction of sp³-hybridized carbons (Fsp3) is 0.263. The Balaban J connectivity index is 2.03. The van der Waals surface area contributed by atoms with Crippen molar-refractivity contribution in [2.75, 3.05) is 32.5 Å². The number of aryl methyl sites for hydroxylation is 1. The van der Waals surface area contributed by atoms with E-state index in [9.17, 15) is 9.59 Å². The van der Waals surface area contributed by atoms with E-state index < -0.39 is 0 Å². The van der Waals surface area contributed by atoms with Crippen LogP contribution in [0.25, 0.3) is 0 Å². The third kappa shape index (κ3) is 4.93. The maximum Gasteiger partial charge on any atom is 0.255 e. The Hall–Kier alpha value is -2.66. The highest BCUT2D eigenvalue weighted by Crippen LogP contribution is 2.14. The Morgan fingerprint density at radius 2 is 1.75 bits per heavy atom. The Morgan fingerprint density at radius 1 is 1.00 bits per heavy atom. The second-order valence-electron chi connectivity index (χ2n) is 5.91. The third-order valence-corrected chi connectivity index (χ3v) is 3.62. The normalized spacial score (nSPS) is 10.5. The molecular weight excluding hydrogens is 302 g/mol. The van der Waals surface area contributed by atoms with Gasteiger partial charge in [-0.05, 0) is 50.8 Å². The largest absolute Gasteiger partial charge is 0.351 e. The van der Waals surface area contributed by atoms with Gasteiger partial charge in [-0.3, -0.25) is 9.59 Å². The Labute approximate surface area is 142 Å². The summed E-state index contributed by atoms with van der Waals surface area (Å²) in [5.41, 5.74) is 2.66. The minimum absolute atomic E-state index is 0.149. The van der Waals surface area contributed by atoms with Gasteiger partial charge in [-0.25, -0.2) is 0 Å². The molecule has 0 aliphatic heterocycles. The van der Waals surface area contributed by atoms with Crippen molar-refractivity contribution in [2.45, 2.75) is 6.92 Å². The van der Waals surface area contributed by atoms with Crippen LogP contribution in [0.3, 0.4) is 0 Å². The molecule has 2 aromatic carbocycles. The number of benzene rings is 2. The minimum Gasteiger partial charge on any atom is -0.351 e. The molecule has 0 spiro atoms. The average molecular weight is 325 g/mol. The lowest BCUT2D eigenvalue weighted by Crippen LogP contribution is -2.31. The molecule has 0 fully saturated rings. The lowest BCUT2D eigenvalue weighted by molar-refractivity contribution is 0.0949. The van der Waals surface area contributed by atoms with Crippen LogP contribution in [0.4, 0.5) is 5.69 Å². The first-order chi connectivity index (χ1) is 11.5. The number of likely N-dealkylation sites (N-methyl/N-ethyl adjacent to an activating group) is 1. The van der Waals surface area contributed by atoms with Gasteiger partial charge in [0.1, 0.15) is 0 Å². The Bertz CT molecular complexity index is 726. The zero-order chi connectivity index (χ0) is 17.5.